The summed E-state index contributed by atoms with van der Waals surface area (Å²) in [6.07, 6.45) is 3.53. The number of nitrogens with zero attached hydrogens (tertiary/aromatic N) is 4. The summed E-state index contributed by atoms with van der Waals surface area (Å²) in [7, 11) is 0. The molecule has 0 unspecified atom stereocenters. The topological polar surface area (TPSA) is 64.7 Å². The molecule has 0 aliphatic rings. The molecule has 0 saturated carbocycles. The van der Waals surface area contributed by atoms with E-state index in [-0.39, 0.29) is 12.5 Å². The van der Waals surface area contributed by atoms with Crippen LogP contribution in [0.3, 0.4) is 0 Å². The molecule has 2 aromatic rings. The molecule has 0 aliphatic heterocycles. The van der Waals surface area contributed by atoms with Gasteiger partial charge in [0.2, 0.25) is 5.91 Å². The predicted molar refractivity (Wildman–Crippen MR) is 66.7 cm³/mol. The molecule has 2 rings (SSSR count). The Morgan fingerprint density at radius 1 is 1.44 bits per heavy atom. The van der Waals surface area contributed by atoms with Gasteiger partial charge in [-0.1, -0.05) is 0 Å². The SMILES string of the molecule is CCn1nccc1CNC(=O)Cn1ccc(C)n1. The maximum Gasteiger partial charge on any atom is 0.242 e. The van der Waals surface area contributed by atoms with E-state index in [0.29, 0.717) is 6.54 Å². The summed E-state index contributed by atoms with van der Waals surface area (Å²) in [4.78, 5) is 11.7. The average molecular weight is 247 g/mol. The largest absolute Gasteiger partial charge is 0.349 e. The van der Waals surface area contributed by atoms with Crippen LogP contribution in [0.2, 0.25) is 0 Å². The van der Waals surface area contributed by atoms with E-state index in [2.05, 4.69) is 15.5 Å². The van der Waals surface area contributed by atoms with Gasteiger partial charge in [-0.25, -0.2) is 0 Å². The van der Waals surface area contributed by atoms with E-state index in [9.17, 15) is 4.79 Å². The highest BCUT2D eigenvalue weighted by molar-refractivity contribution is 5.75. The molecule has 0 spiro atoms. The number of nitrogens with one attached hydrogen (secondary N) is 1. The number of carbonyl (C=O) groups is 1. The first-order valence-corrected chi connectivity index (χ1v) is 5.96. The molecule has 2 aromatic heterocycles. The van der Waals surface area contributed by atoms with Crippen LogP contribution in [0, 0.1) is 6.92 Å². The number of amides is 1. The van der Waals surface area contributed by atoms with E-state index in [1.165, 1.54) is 0 Å². The van der Waals surface area contributed by atoms with E-state index in [4.69, 9.17) is 0 Å². The summed E-state index contributed by atoms with van der Waals surface area (Å²) in [5.74, 6) is -0.0537. The van der Waals surface area contributed by atoms with Gasteiger partial charge in [0, 0.05) is 18.9 Å². The van der Waals surface area contributed by atoms with Crippen LogP contribution >= 0.6 is 0 Å². The van der Waals surface area contributed by atoms with Crippen LogP contribution in [0.5, 0.6) is 0 Å². The first kappa shape index (κ1) is 12.3. The number of aromatic nitrogens is 4. The molecule has 1 N–H and O–H groups in total. The Morgan fingerprint density at radius 2 is 2.28 bits per heavy atom. The van der Waals surface area contributed by atoms with E-state index >= 15 is 0 Å². The molecular weight excluding hydrogens is 230 g/mol. The fourth-order valence-electron chi connectivity index (χ4n) is 1.74. The highest BCUT2D eigenvalue weighted by Gasteiger charge is 2.05. The number of rotatable bonds is 5. The van der Waals surface area contributed by atoms with Crippen molar-refractivity contribution >= 4 is 5.91 Å². The average Bonchev–Trinajstić information content (AvgIpc) is 2.95. The van der Waals surface area contributed by atoms with Gasteiger partial charge in [-0.15, -0.1) is 0 Å². The summed E-state index contributed by atoms with van der Waals surface area (Å²) >= 11 is 0. The van der Waals surface area contributed by atoms with Crippen LogP contribution in [-0.4, -0.2) is 25.5 Å². The van der Waals surface area contributed by atoms with Crippen molar-refractivity contribution in [2.24, 2.45) is 0 Å². The summed E-state index contributed by atoms with van der Waals surface area (Å²) in [6, 6.07) is 3.78. The van der Waals surface area contributed by atoms with Gasteiger partial charge in [0.1, 0.15) is 6.54 Å². The van der Waals surface area contributed by atoms with Crippen molar-refractivity contribution in [2.75, 3.05) is 0 Å². The second kappa shape index (κ2) is 5.48. The Bertz CT molecular complexity index is 528. The summed E-state index contributed by atoms with van der Waals surface area (Å²) in [5, 5.41) is 11.2. The first-order chi connectivity index (χ1) is 8.69. The van der Waals surface area contributed by atoms with Crippen LogP contribution in [0.4, 0.5) is 0 Å². The number of hydrogen-bond acceptors (Lipinski definition) is 3. The van der Waals surface area contributed by atoms with Crippen molar-refractivity contribution in [3.8, 4) is 0 Å². The summed E-state index contributed by atoms with van der Waals surface area (Å²) < 4.78 is 3.49. The second-order valence-corrected chi connectivity index (χ2v) is 4.07. The Hall–Kier alpha value is -2.11. The maximum absolute atomic E-state index is 11.7. The van der Waals surface area contributed by atoms with Crippen molar-refractivity contribution in [2.45, 2.75) is 33.5 Å². The summed E-state index contributed by atoms with van der Waals surface area (Å²) in [6.45, 7) is 5.45. The smallest absolute Gasteiger partial charge is 0.242 e. The third kappa shape index (κ3) is 2.97. The molecule has 1 amide bonds. The van der Waals surface area contributed by atoms with Crippen LogP contribution in [-0.2, 0) is 24.4 Å². The quantitative estimate of drug-likeness (QED) is 0.847. The highest BCUT2D eigenvalue weighted by atomic mass is 16.2. The number of carbonyl (C=O) groups excluding carboxylic acids is 1. The maximum atomic E-state index is 11.7. The molecule has 18 heavy (non-hydrogen) atoms. The van der Waals surface area contributed by atoms with Crippen molar-refractivity contribution in [3.05, 3.63) is 35.9 Å². The van der Waals surface area contributed by atoms with Crippen molar-refractivity contribution in [3.63, 3.8) is 0 Å². The minimum absolute atomic E-state index is 0.0537. The van der Waals surface area contributed by atoms with E-state index in [1.807, 2.05) is 30.7 Å². The van der Waals surface area contributed by atoms with Gasteiger partial charge in [-0.3, -0.25) is 14.2 Å². The minimum atomic E-state index is -0.0537. The third-order valence-electron chi connectivity index (χ3n) is 2.65. The molecule has 0 atom stereocenters. The zero-order chi connectivity index (χ0) is 13.0. The van der Waals surface area contributed by atoms with E-state index in [1.54, 1.807) is 17.1 Å². The van der Waals surface area contributed by atoms with Crippen LogP contribution in [0.1, 0.15) is 18.3 Å². The predicted octanol–water partition coefficient (Wildman–Crippen LogP) is 0.724. The lowest BCUT2D eigenvalue weighted by atomic mass is 10.4. The summed E-state index contributed by atoms with van der Waals surface area (Å²) in [5.41, 5.74) is 1.91. The third-order valence-corrected chi connectivity index (χ3v) is 2.65. The van der Waals surface area contributed by atoms with Crippen molar-refractivity contribution in [1.29, 1.82) is 0 Å². The van der Waals surface area contributed by atoms with Gasteiger partial charge in [0.15, 0.2) is 0 Å². The highest BCUT2D eigenvalue weighted by Crippen LogP contribution is 1.98. The van der Waals surface area contributed by atoms with Crippen molar-refractivity contribution < 1.29 is 4.79 Å². The van der Waals surface area contributed by atoms with Gasteiger partial charge in [-0.2, -0.15) is 10.2 Å². The fourth-order valence-corrected chi connectivity index (χ4v) is 1.74. The molecular formula is C12H17N5O. The first-order valence-electron chi connectivity index (χ1n) is 5.96. The van der Waals surface area contributed by atoms with Gasteiger partial charge in [0.05, 0.1) is 17.9 Å². The molecule has 0 fully saturated rings. The van der Waals surface area contributed by atoms with Gasteiger partial charge in [-0.05, 0) is 26.0 Å². The van der Waals surface area contributed by atoms with Gasteiger partial charge >= 0.3 is 0 Å². The van der Waals surface area contributed by atoms with Gasteiger partial charge < -0.3 is 5.32 Å². The normalized spacial score (nSPS) is 10.6. The Labute approximate surface area is 106 Å². The molecule has 0 aromatic carbocycles. The molecule has 0 radical (unpaired) electrons. The molecule has 0 saturated heterocycles. The molecule has 0 bridgehead atoms. The van der Waals surface area contributed by atoms with Gasteiger partial charge in [0.25, 0.3) is 0 Å². The van der Waals surface area contributed by atoms with Crippen LogP contribution in [0.15, 0.2) is 24.5 Å². The molecule has 96 valence electrons. The Morgan fingerprint density at radius 3 is 2.94 bits per heavy atom. The fraction of sp³-hybridized carbons (Fsp3) is 0.417. The Kier molecular flexibility index (Phi) is 3.76. The lowest BCUT2D eigenvalue weighted by Gasteiger charge is -2.07. The molecule has 0 aliphatic carbocycles. The van der Waals surface area contributed by atoms with Crippen molar-refractivity contribution in [1.82, 2.24) is 24.9 Å². The lowest BCUT2D eigenvalue weighted by Crippen LogP contribution is -2.28. The standard InChI is InChI=1S/C12H17N5O/c1-3-17-11(4-6-14-17)8-13-12(18)9-16-7-5-10(2)15-16/h4-7H,3,8-9H2,1-2H3,(H,13,18). The van der Waals surface area contributed by atoms with Crippen LogP contribution in [0.25, 0.3) is 0 Å². The van der Waals surface area contributed by atoms with Crippen LogP contribution < -0.4 is 5.32 Å². The molecule has 2 heterocycles. The minimum Gasteiger partial charge on any atom is -0.349 e. The molecule has 6 heteroatoms. The zero-order valence-corrected chi connectivity index (χ0v) is 10.6. The number of hydrogen-bond donors (Lipinski definition) is 1. The van der Waals surface area contributed by atoms with E-state index in [0.717, 1.165) is 17.9 Å². The zero-order valence-electron chi connectivity index (χ0n) is 10.6. The second-order valence-electron chi connectivity index (χ2n) is 4.07. The number of aryl methyl sites for hydroxylation is 2. The molecule has 6 nitrogen and oxygen atoms in total. The Balaban J connectivity index is 1.85. The lowest BCUT2D eigenvalue weighted by molar-refractivity contribution is -0.122. The monoisotopic (exact) mass is 247 g/mol. The van der Waals surface area contributed by atoms with E-state index < -0.39 is 0 Å².